The Morgan fingerprint density at radius 3 is 1.96 bits per heavy atom. The molecule has 118 valence electrons. The topological polar surface area (TPSA) is 40.6 Å². The molecule has 2 aromatic rings. The number of rotatable bonds is 3. The molecule has 0 saturated carbocycles. The van der Waals surface area contributed by atoms with Crippen LogP contribution in [0.1, 0.15) is 12.8 Å². The highest BCUT2D eigenvalue weighted by molar-refractivity contribution is 7.96. The minimum absolute atomic E-state index is 0.188. The van der Waals surface area contributed by atoms with E-state index in [0.717, 1.165) is 17.8 Å². The fourth-order valence-electron chi connectivity index (χ4n) is 2.90. The van der Waals surface area contributed by atoms with Gasteiger partial charge in [-0.15, -0.1) is 12.6 Å². The standard InChI is InChI=1S/C18H18N2O2S/c21-17(23)16-12-7-13-19(16)18(22)20(14-8-3-1-4-9-14)15-10-5-2-6-11-15/h1-6,8-11,16H,7,12-13H2,(H,21,23)/t16-/m0/s1. The lowest BCUT2D eigenvalue weighted by atomic mass is 10.2. The summed E-state index contributed by atoms with van der Waals surface area (Å²) in [6, 6.07) is 18.3. The number of para-hydroxylation sites is 2. The van der Waals surface area contributed by atoms with Crippen LogP contribution in [0.2, 0.25) is 0 Å². The molecule has 1 aliphatic heterocycles. The third kappa shape index (κ3) is 3.24. The fraction of sp³-hybridized carbons (Fsp3) is 0.222. The first-order valence-electron chi connectivity index (χ1n) is 7.62. The highest BCUT2D eigenvalue weighted by Gasteiger charge is 2.35. The van der Waals surface area contributed by atoms with Crippen LogP contribution in [0.5, 0.6) is 0 Å². The molecule has 1 fully saturated rings. The van der Waals surface area contributed by atoms with Crippen molar-refractivity contribution in [2.24, 2.45) is 0 Å². The van der Waals surface area contributed by atoms with Crippen LogP contribution in [-0.2, 0) is 4.79 Å². The van der Waals surface area contributed by atoms with Crippen molar-refractivity contribution in [3.63, 3.8) is 0 Å². The zero-order valence-corrected chi connectivity index (χ0v) is 13.5. The molecule has 1 heterocycles. The van der Waals surface area contributed by atoms with E-state index in [-0.39, 0.29) is 11.1 Å². The second-order valence-corrected chi connectivity index (χ2v) is 5.92. The number of carbonyl (C=O) groups excluding carboxylic acids is 2. The van der Waals surface area contributed by atoms with Crippen molar-refractivity contribution in [2.45, 2.75) is 18.9 Å². The smallest absolute Gasteiger partial charge is 0.313 e. The predicted octanol–water partition coefficient (Wildman–Crippen LogP) is 3.87. The molecule has 3 rings (SSSR count). The molecule has 2 aromatic carbocycles. The lowest BCUT2D eigenvalue weighted by molar-refractivity contribution is -0.113. The van der Waals surface area contributed by atoms with E-state index in [0.29, 0.717) is 13.0 Å². The van der Waals surface area contributed by atoms with Gasteiger partial charge in [0.2, 0.25) is 5.12 Å². The van der Waals surface area contributed by atoms with Gasteiger partial charge in [-0.25, -0.2) is 4.79 Å². The lowest BCUT2D eigenvalue weighted by Crippen LogP contribution is -2.45. The third-order valence-electron chi connectivity index (χ3n) is 4.00. The summed E-state index contributed by atoms with van der Waals surface area (Å²) >= 11 is 3.94. The van der Waals surface area contributed by atoms with Gasteiger partial charge in [-0.1, -0.05) is 36.4 Å². The van der Waals surface area contributed by atoms with Crippen LogP contribution in [0.15, 0.2) is 60.7 Å². The average Bonchev–Trinajstić information content (AvgIpc) is 3.07. The maximum atomic E-state index is 13.1. The number of anilines is 2. The minimum atomic E-state index is -0.444. The van der Waals surface area contributed by atoms with Crippen LogP contribution in [0, 0.1) is 0 Å². The van der Waals surface area contributed by atoms with Crippen LogP contribution >= 0.6 is 12.6 Å². The van der Waals surface area contributed by atoms with Gasteiger partial charge >= 0.3 is 6.03 Å². The van der Waals surface area contributed by atoms with Gasteiger partial charge in [-0.3, -0.25) is 9.69 Å². The molecule has 0 aliphatic carbocycles. The van der Waals surface area contributed by atoms with E-state index in [1.165, 1.54) is 0 Å². The Hall–Kier alpha value is -2.27. The van der Waals surface area contributed by atoms with Crippen LogP contribution in [0.4, 0.5) is 16.2 Å². The lowest BCUT2D eigenvalue weighted by Gasteiger charge is -2.30. The Labute approximate surface area is 141 Å². The summed E-state index contributed by atoms with van der Waals surface area (Å²) in [5, 5.41) is -0.253. The van der Waals surface area contributed by atoms with Crippen molar-refractivity contribution < 1.29 is 9.59 Å². The summed E-state index contributed by atoms with van der Waals surface area (Å²) in [7, 11) is 0. The second-order valence-electron chi connectivity index (χ2n) is 5.48. The van der Waals surface area contributed by atoms with Crippen LogP contribution in [0.3, 0.4) is 0 Å². The van der Waals surface area contributed by atoms with E-state index < -0.39 is 6.04 Å². The first-order valence-corrected chi connectivity index (χ1v) is 8.07. The fourth-order valence-corrected chi connectivity index (χ4v) is 3.17. The highest BCUT2D eigenvalue weighted by atomic mass is 32.1. The first kappa shape index (κ1) is 15.6. The molecule has 2 amide bonds. The monoisotopic (exact) mass is 326 g/mol. The number of hydrogen-bond donors (Lipinski definition) is 1. The van der Waals surface area contributed by atoms with Gasteiger partial charge in [0.15, 0.2) is 0 Å². The largest absolute Gasteiger partial charge is 0.329 e. The van der Waals surface area contributed by atoms with Crippen molar-refractivity contribution in [2.75, 3.05) is 11.4 Å². The minimum Gasteiger partial charge on any atom is -0.313 e. The van der Waals surface area contributed by atoms with Gasteiger partial charge in [0, 0.05) is 6.54 Å². The number of thiol groups is 1. The SMILES string of the molecule is O=C(S)[C@@H]1CCCN1C(=O)N(c1ccccc1)c1ccccc1. The molecule has 4 nitrogen and oxygen atoms in total. The van der Waals surface area contributed by atoms with Crippen LogP contribution in [0.25, 0.3) is 0 Å². The highest BCUT2D eigenvalue weighted by Crippen LogP contribution is 2.29. The Kier molecular flexibility index (Phi) is 4.67. The van der Waals surface area contributed by atoms with Gasteiger partial charge in [0.05, 0.1) is 11.4 Å². The van der Waals surface area contributed by atoms with E-state index in [1.807, 2.05) is 60.7 Å². The molecular formula is C18H18N2O2S. The summed E-state index contributed by atoms with van der Waals surface area (Å²) in [6.07, 6.45) is 1.49. The molecule has 1 aliphatic rings. The maximum absolute atomic E-state index is 13.1. The van der Waals surface area contributed by atoms with E-state index >= 15 is 0 Å². The number of benzene rings is 2. The second kappa shape index (κ2) is 6.87. The van der Waals surface area contributed by atoms with E-state index in [9.17, 15) is 9.59 Å². The number of amides is 2. The molecule has 0 bridgehead atoms. The molecule has 0 unspecified atom stereocenters. The number of urea groups is 1. The van der Waals surface area contributed by atoms with Gasteiger partial charge in [-0.05, 0) is 37.1 Å². The van der Waals surface area contributed by atoms with Gasteiger partial charge < -0.3 is 4.90 Å². The van der Waals surface area contributed by atoms with Crippen molar-refractivity contribution in [1.82, 2.24) is 4.90 Å². The molecule has 0 radical (unpaired) electrons. The van der Waals surface area contributed by atoms with E-state index in [4.69, 9.17) is 0 Å². The Morgan fingerprint density at radius 1 is 0.957 bits per heavy atom. The molecule has 1 saturated heterocycles. The number of likely N-dealkylation sites (tertiary alicyclic amines) is 1. The van der Waals surface area contributed by atoms with E-state index in [1.54, 1.807) is 9.80 Å². The van der Waals surface area contributed by atoms with Crippen molar-refractivity contribution in [3.05, 3.63) is 60.7 Å². The van der Waals surface area contributed by atoms with E-state index in [2.05, 4.69) is 12.6 Å². The zero-order valence-electron chi connectivity index (χ0n) is 12.6. The average molecular weight is 326 g/mol. The summed E-state index contributed by atoms with van der Waals surface area (Å²) < 4.78 is 0. The third-order valence-corrected chi connectivity index (χ3v) is 4.30. The van der Waals surface area contributed by atoms with Crippen LogP contribution in [-0.4, -0.2) is 28.6 Å². The Balaban J connectivity index is 1.99. The molecule has 0 aromatic heterocycles. The maximum Gasteiger partial charge on any atom is 0.329 e. The molecule has 23 heavy (non-hydrogen) atoms. The summed E-state index contributed by atoms with van der Waals surface area (Å²) in [5.74, 6) is 0. The Morgan fingerprint density at radius 2 is 1.48 bits per heavy atom. The first-order chi connectivity index (χ1) is 11.2. The summed E-state index contributed by atoms with van der Waals surface area (Å²) in [5.41, 5.74) is 1.56. The summed E-state index contributed by atoms with van der Waals surface area (Å²) in [6.45, 7) is 0.575. The molecule has 1 atom stereocenters. The number of nitrogens with zero attached hydrogens (tertiary/aromatic N) is 2. The van der Waals surface area contributed by atoms with Crippen molar-refractivity contribution in [1.29, 1.82) is 0 Å². The molecule has 0 spiro atoms. The number of carbonyl (C=O) groups is 2. The molecular weight excluding hydrogens is 308 g/mol. The number of hydrogen-bond acceptors (Lipinski definition) is 2. The normalized spacial score (nSPS) is 17.1. The van der Waals surface area contributed by atoms with Gasteiger partial charge in [0.1, 0.15) is 6.04 Å². The molecule has 5 heteroatoms. The van der Waals surface area contributed by atoms with Crippen LogP contribution < -0.4 is 4.90 Å². The predicted molar refractivity (Wildman–Crippen MR) is 94.1 cm³/mol. The quantitative estimate of drug-likeness (QED) is 0.870. The summed E-state index contributed by atoms with van der Waals surface area (Å²) in [4.78, 5) is 28.1. The van der Waals surface area contributed by atoms with Crippen molar-refractivity contribution >= 4 is 35.1 Å². The Bertz CT molecular complexity index is 651. The zero-order chi connectivity index (χ0) is 16.2. The van der Waals surface area contributed by atoms with Crippen molar-refractivity contribution in [3.8, 4) is 0 Å². The molecule has 0 N–H and O–H groups in total. The van der Waals surface area contributed by atoms with Gasteiger partial charge in [0.25, 0.3) is 0 Å². The van der Waals surface area contributed by atoms with Gasteiger partial charge in [-0.2, -0.15) is 0 Å².